The molecule has 0 spiro atoms. The molecule has 1 aromatic carbocycles. The normalized spacial score (nSPS) is 26.5. The summed E-state index contributed by atoms with van der Waals surface area (Å²) in [7, 11) is 0. The molecule has 2 atom stereocenters. The molecular formula is C13H16N2O2. The van der Waals surface area contributed by atoms with Crippen molar-refractivity contribution in [1.29, 1.82) is 0 Å². The first-order chi connectivity index (χ1) is 8.16. The number of para-hydroxylation sites is 1. The Balaban J connectivity index is 1.98. The summed E-state index contributed by atoms with van der Waals surface area (Å²) in [5.41, 5.74) is 7.50. The van der Waals surface area contributed by atoms with E-state index in [9.17, 15) is 4.79 Å². The van der Waals surface area contributed by atoms with E-state index in [0.717, 1.165) is 18.2 Å². The number of benzene rings is 1. The minimum absolute atomic E-state index is 0.213. The number of carbonyl (C=O) groups is 1. The zero-order valence-corrected chi connectivity index (χ0v) is 9.60. The fourth-order valence-electron chi connectivity index (χ4n) is 3.21. The van der Waals surface area contributed by atoms with Gasteiger partial charge in [-0.15, -0.1) is 0 Å². The molecule has 1 saturated carbocycles. The van der Waals surface area contributed by atoms with Crippen LogP contribution in [0.4, 0.5) is 11.4 Å². The first kappa shape index (κ1) is 10.4. The Morgan fingerprint density at radius 1 is 1.41 bits per heavy atom. The number of nitrogens with two attached hydrogens (primary N) is 1. The number of piperidine rings is 1. The molecule has 2 bridgehead atoms. The molecular weight excluding hydrogens is 216 g/mol. The van der Waals surface area contributed by atoms with Gasteiger partial charge < -0.3 is 15.7 Å². The summed E-state index contributed by atoms with van der Waals surface area (Å²) >= 11 is 0. The van der Waals surface area contributed by atoms with Gasteiger partial charge in [-0.1, -0.05) is 6.07 Å². The number of fused-ring (bicyclic) bond motifs is 2. The Kier molecular flexibility index (Phi) is 2.24. The smallest absolute Gasteiger partial charge is 0.337 e. The van der Waals surface area contributed by atoms with Crippen molar-refractivity contribution >= 4 is 17.3 Å². The monoisotopic (exact) mass is 232 g/mol. The lowest BCUT2D eigenvalue weighted by Crippen LogP contribution is -2.32. The van der Waals surface area contributed by atoms with Crippen molar-refractivity contribution in [3.63, 3.8) is 0 Å². The Bertz CT molecular complexity index is 472. The second-order valence-electron chi connectivity index (χ2n) is 5.03. The molecule has 0 amide bonds. The average molecular weight is 232 g/mol. The van der Waals surface area contributed by atoms with Crippen LogP contribution >= 0.6 is 0 Å². The lowest BCUT2D eigenvalue weighted by molar-refractivity contribution is 0.0698. The summed E-state index contributed by atoms with van der Waals surface area (Å²) in [6.45, 7) is 1.03. The highest BCUT2D eigenvalue weighted by Gasteiger charge is 2.38. The summed E-state index contributed by atoms with van der Waals surface area (Å²) in [6.07, 6.45) is 3.75. The molecule has 1 heterocycles. The van der Waals surface area contributed by atoms with Gasteiger partial charge in [-0.25, -0.2) is 4.79 Å². The minimum Gasteiger partial charge on any atom is -0.478 e. The lowest BCUT2D eigenvalue weighted by atomic mass is 10.1. The molecule has 4 heteroatoms. The standard InChI is InChI=1S/C13H16N2O2/c14-12-10(13(16)17)2-1-3-11(12)15-7-8-4-5-9(15)6-8/h1-3,8-9H,4-7,14H2,(H,16,17). The number of carboxylic acids is 1. The Morgan fingerprint density at radius 3 is 2.82 bits per heavy atom. The quantitative estimate of drug-likeness (QED) is 0.765. The van der Waals surface area contributed by atoms with Crippen molar-refractivity contribution in [3.05, 3.63) is 23.8 Å². The van der Waals surface area contributed by atoms with Crippen molar-refractivity contribution in [2.24, 2.45) is 5.92 Å². The zero-order valence-electron chi connectivity index (χ0n) is 9.60. The summed E-state index contributed by atoms with van der Waals surface area (Å²) in [4.78, 5) is 13.3. The summed E-state index contributed by atoms with van der Waals surface area (Å²) < 4.78 is 0. The van der Waals surface area contributed by atoms with Crippen LogP contribution in [0.3, 0.4) is 0 Å². The lowest BCUT2D eigenvalue weighted by Gasteiger charge is -2.30. The second-order valence-corrected chi connectivity index (χ2v) is 5.03. The minimum atomic E-state index is -0.950. The largest absolute Gasteiger partial charge is 0.478 e. The number of anilines is 2. The maximum absolute atomic E-state index is 11.1. The number of hydrogen-bond donors (Lipinski definition) is 2. The SMILES string of the molecule is Nc1c(C(=O)O)cccc1N1CC2CCC1C2. The highest BCUT2D eigenvalue weighted by molar-refractivity contribution is 5.97. The van der Waals surface area contributed by atoms with Gasteiger partial charge in [0.25, 0.3) is 0 Å². The predicted molar refractivity (Wildman–Crippen MR) is 66.3 cm³/mol. The molecule has 3 rings (SSSR count). The molecule has 17 heavy (non-hydrogen) atoms. The number of rotatable bonds is 2. The molecule has 1 aromatic rings. The van der Waals surface area contributed by atoms with E-state index in [1.54, 1.807) is 12.1 Å². The van der Waals surface area contributed by atoms with E-state index >= 15 is 0 Å². The molecule has 0 aromatic heterocycles. The van der Waals surface area contributed by atoms with Gasteiger partial charge in [0.05, 0.1) is 16.9 Å². The molecule has 1 aliphatic carbocycles. The van der Waals surface area contributed by atoms with E-state index in [0.29, 0.717) is 11.7 Å². The predicted octanol–water partition coefficient (Wildman–Crippen LogP) is 1.96. The highest BCUT2D eigenvalue weighted by Crippen LogP contribution is 2.42. The number of hydrogen-bond acceptors (Lipinski definition) is 3. The van der Waals surface area contributed by atoms with Crippen LogP contribution in [0.2, 0.25) is 0 Å². The van der Waals surface area contributed by atoms with Crippen molar-refractivity contribution in [2.45, 2.75) is 25.3 Å². The average Bonchev–Trinajstić information content (AvgIpc) is 2.90. The van der Waals surface area contributed by atoms with Crippen LogP contribution in [-0.4, -0.2) is 23.7 Å². The first-order valence-electron chi connectivity index (χ1n) is 6.05. The summed E-state index contributed by atoms with van der Waals surface area (Å²) in [5, 5.41) is 9.07. The molecule has 0 radical (unpaired) electrons. The fraction of sp³-hybridized carbons (Fsp3) is 0.462. The number of carboxylic acid groups (broad SMARTS) is 1. The van der Waals surface area contributed by atoms with Gasteiger partial charge in [0.15, 0.2) is 0 Å². The Hall–Kier alpha value is -1.71. The number of nitrogen functional groups attached to an aromatic ring is 1. The van der Waals surface area contributed by atoms with Crippen LogP contribution < -0.4 is 10.6 Å². The second kappa shape index (κ2) is 3.65. The third-order valence-corrected chi connectivity index (χ3v) is 4.03. The van der Waals surface area contributed by atoms with Gasteiger partial charge in [0.1, 0.15) is 0 Å². The Morgan fingerprint density at radius 2 is 2.24 bits per heavy atom. The zero-order chi connectivity index (χ0) is 12.0. The molecule has 90 valence electrons. The van der Waals surface area contributed by atoms with Gasteiger partial charge in [0, 0.05) is 12.6 Å². The van der Waals surface area contributed by atoms with Crippen LogP contribution in [0.5, 0.6) is 0 Å². The molecule has 1 saturated heterocycles. The van der Waals surface area contributed by atoms with Crippen LogP contribution in [0.1, 0.15) is 29.6 Å². The molecule has 2 aliphatic rings. The number of aromatic carboxylic acids is 1. The maximum Gasteiger partial charge on any atom is 0.337 e. The van der Waals surface area contributed by atoms with Crippen molar-refractivity contribution in [3.8, 4) is 0 Å². The van der Waals surface area contributed by atoms with Crippen LogP contribution in [0.15, 0.2) is 18.2 Å². The molecule has 2 unspecified atom stereocenters. The van der Waals surface area contributed by atoms with E-state index in [4.69, 9.17) is 10.8 Å². The van der Waals surface area contributed by atoms with Gasteiger partial charge in [0.2, 0.25) is 0 Å². The third kappa shape index (κ3) is 1.55. The van der Waals surface area contributed by atoms with Crippen molar-refractivity contribution < 1.29 is 9.90 Å². The fourth-order valence-corrected chi connectivity index (χ4v) is 3.21. The van der Waals surface area contributed by atoms with Crippen LogP contribution in [0, 0.1) is 5.92 Å². The molecule has 3 N–H and O–H groups in total. The highest BCUT2D eigenvalue weighted by atomic mass is 16.4. The van der Waals surface area contributed by atoms with E-state index in [-0.39, 0.29) is 5.56 Å². The van der Waals surface area contributed by atoms with E-state index < -0.39 is 5.97 Å². The summed E-state index contributed by atoms with van der Waals surface area (Å²) in [6, 6.07) is 5.84. The van der Waals surface area contributed by atoms with E-state index in [1.807, 2.05) is 6.07 Å². The van der Waals surface area contributed by atoms with Gasteiger partial charge in [-0.3, -0.25) is 0 Å². The van der Waals surface area contributed by atoms with Gasteiger partial charge >= 0.3 is 5.97 Å². The number of nitrogens with zero attached hydrogens (tertiary/aromatic N) is 1. The van der Waals surface area contributed by atoms with Crippen LogP contribution in [0.25, 0.3) is 0 Å². The summed E-state index contributed by atoms with van der Waals surface area (Å²) in [5.74, 6) is -0.179. The van der Waals surface area contributed by atoms with Gasteiger partial charge in [-0.05, 0) is 37.3 Å². The van der Waals surface area contributed by atoms with Gasteiger partial charge in [-0.2, -0.15) is 0 Å². The molecule has 1 aliphatic heterocycles. The molecule has 4 nitrogen and oxygen atoms in total. The molecule has 2 fully saturated rings. The maximum atomic E-state index is 11.1. The Labute approximate surface area is 100 Å². The van der Waals surface area contributed by atoms with Crippen LogP contribution in [-0.2, 0) is 0 Å². The third-order valence-electron chi connectivity index (χ3n) is 4.03. The topological polar surface area (TPSA) is 66.6 Å². The van der Waals surface area contributed by atoms with Crippen molar-refractivity contribution in [1.82, 2.24) is 0 Å². The van der Waals surface area contributed by atoms with E-state index in [1.165, 1.54) is 19.3 Å². The first-order valence-corrected chi connectivity index (χ1v) is 6.05. The van der Waals surface area contributed by atoms with Crippen molar-refractivity contribution in [2.75, 3.05) is 17.2 Å². The van der Waals surface area contributed by atoms with E-state index in [2.05, 4.69) is 4.90 Å².